The molecule has 0 spiro atoms. The first kappa shape index (κ1) is 47.9. The fourth-order valence-electron chi connectivity index (χ4n) is 4.91. The monoisotopic (exact) mass is 730 g/mol. The fraction of sp³-hybridized carbons (Fsp3) is 0.737. The highest BCUT2D eigenvalue weighted by Crippen LogP contribution is 2.36. The lowest BCUT2D eigenvalue weighted by molar-refractivity contribution is -0.161. The van der Waals surface area contributed by atoms with Crippen LogP contribution in [-0.4, -0.2) is 74.7 Å². The molecule has 1 unspecified atom stereocenters. The van der Waals surface area contributed by atoms with Crippen LogP contribution in [0.5, 0.6) is 0 Å². The zero-order chi connectivity index (χ0) is 37.5. The molecule has 0 aliphatic rings. The summed E-state index contributed by atoms with van der Waals surface area (Å²) in [4.78, 5) is 42.7. The van der Waals surface area contributed by atoms with Crippen LogP contribution in [0.4, 0.5) is 0 Å². The van der Waals surface area contributed by atoms with Crippen molar-refractivity contribution in [2.24, 2.45) is 5.92 Å². The van der Waals surface area contributed by atoms with Crippen LogP contribution < -0.4 is 0 Å². The molecule has 0 rings (SSSR count). The standard InChI is InChI=1S/C38H67O11P/c1-4-6-17-24-33(39)25-19-14-11-12-15-20-26-35(40)36(41)27-22-29-38(43)49-34(31-48-50(44,45)46)30-47-37(42)28-21-16-10-8-7-9-13-18-23-32(3)5-2/h11-12,14-15,19-20,25-26,32-36,39-41H,4-10,13,16-18,21-24,27-31H2,1-3H3,(H2,44,45,46)/b14-11-,15-12+,25-19+,26-20+/t32?,33-,34+,35-,36-/m0/s1. The van der Waals surface area contributed by atoms with E-state index in [1.807, 2.05) is 0 Å². The number of unbranched alkanes of at least 4 members (excludes halogenated alkanes) is 9. The van der Waals surface area contributed by atoms with E-state index >= 15 is 0 Å². The van der Waals surface area contributed by atoms with E-state index in [1.165, 1.54) is 44.6 Å². The molecule has 5 atom stereocenters. The molecule has 5 N–H and O–H groups in total. The molecule has 0 aromatic carbocycles. The summed E-state index contributed by atoms with van der Waals surface area (Å²) in [6.45, 7) is 5.57. The highest BCUT2D eigenvalue weighted by atomic mass is 31.2. The summed E-state index contributed by atoms with van der Waals surface area (Å²) in [6.07, 6.45) is 25.0. The number of aliphatic hydroxyl groups excluding tert-OH is 3. The highest BCUT2D eigenvalue weighted by Gasteiger charge is 2.23. The third-order valence-electron chi connectivity index (χ3n) is 8.26. The smallest absolute Gasteiger partial charge is 0.462 e. The predicted octanol–water partition coefficient (Wildman–Crippen LogP) is 7.56. The number of allylic oxidation sites excluding steroid dienone is 6. The van der Waals surface area contributed by atoms with E-state index < -0.39 is 57.4 Å². The van der Waals surface area contributed by atoms with Gasteiger partial charge in [0.05, 0.1) is 24.9 Å². The molecule has 0 aliphatic carbocycles. The van der Waals surface area contributed by atoms with Crippen LogP contribution in [0.25, 0.3) is 0 Å². The summed E-state index contributed by atoms with van der Waals surface area (Å²) in [5.41, 5.74) is 0. The minimum absolute atomic E-state index is 0.0898. The fourth-order valence-corrected chi connectivity index (χ4v) is 5.27. The Labute approximate surface area is 301 Å². The van der Waals surface area contributed by atoms with Gasteiger partial charge in [-0.25, -0.2) is 4.57 Å². The van der Waals surface area contributed by atoms with Gasteiger partial charge in [-0.2, -0.15) is 0 Å². The third-order valence-corrected chi connectivity index (χ3v) is 8.74. The molecule has 290 valence electrons. The van der Waals surface area contributed by atoms with Crippen molar-refractivity contribution >= 4 is 19.8 Å². The van der Waals surface area contributed by atoms with Gasteiger partial charge in [0.25, 0.3) is 0 Å². The summed E-state index contributed by atoms with van der Waals surface area (Å²) < 4.78 is 26.1. The maximum Gasteiger partial charge on any atom is 0.469 e. The number of phosphoric acid groups is 1. The number of ether oxygens (including phenoxy) is 2. The number of esters is 2. The van der Waals surface area contributed by atoms with E-state index in [1.54, 1.807) is 42.5 Å². The van der Waals surface area contributed by atoms with Crippen molar-refractivity contribution in [2.45, 2.75) is 161 Å². The Morgan fingerprint density at radius 1 is 0.660 bits per heavy atom. The SMILES string of the molecule is CCCCC[C@H](O)/C=C/C=C\C=C\C=C\[C@H](O)[C@@H](O)CCCC(=O)O[C@H](COC(=O)CCCCCCCCCCC(C)CC)COP(=O)(O)O. The molecule has 0 saturated heterocycles. The second-order valence-electron chi connectivity index (χ2n) is 13.0. The normalized spacial score (nSPS) is 15.6. The van der Waals surface area contributed by atoms with Gasteiger partial charge in [-0.1, -0.05) is 146 Å². The van der Waals surface area contributed by atoms with Gasteiger partial charge >= 0.3 is 19.8 Å². The number of rotatable bonds is 32. The highest BCUT2D eigenvalue weighted by molar-refractivity contribution is 7.46. The summed E-state index contributed by atoms with van der Waals surface area (Å²) >= 11 is 0. The van der Waals surface area contributed by atoms with E-state index in [-0.39, 0.29) is 25.7 Å². The molecule has 0 heterocycles. The van der Waals surface area contributed by atoms with E-state index in [2.05, 4.69) is 25.3 Å². The zero-order valence-corrected chi connectivity index (χ0v) is 31.7. The largest absolute Gasteiger partial charge is 0.469 e. The van der Waals surface area contributed by atoms with Gasteiger partial charge in [0, 0.05) is 12.8 Å². The number of phosphoric ester groups is 1. The molecule has 0 aliphatic heterocycles. The Bertz CT molecular complexity index is 1020. The number of carbonyl (C=O) groups is 2. The third kappa shape index (κ3) is 31.8. The van der Waals surface area contributed by atoms with Gasteiger partial charge in [-0.05, 0) is 31.6 Å². The molecule has 0 saturated carbocycles. The summed E-state index contributed by atoms with van der Waals surface area (Å²) in [5.74, 6) is -0.420. The molecule has 0 bridgehead atoms. The van der Waals surface area contributed by atoms with Crippen molar-refractivity contribution in [3.63, 3.8) is 0 Å². The second-order valence-corrected chi connectivity index (χ2v) is 14.3. The predicted molar refractivity (Wildman–Crippen MR) is 197 cm³/mol. The average Bonchev–Trinajstić information content (AvgIpc) is 3.07. The molecule has 0 aromatic rings. The Hall–Kier alpha value is -2.11. The topological polar surface area (TPSA) is 180 Å². The maximum absolute atomic E-state index is 12.4. The van der Waals surface area contributed by atoms with Gasteiger partial charge in [-0.15, -0.1) is 0 Å². The lowest BCUT2D eigenvalue weighted by atomic mass is 9.99. The minimum Gasteiger partial charge on any atom is -0.462 e. The Morgan fingerprint density at radius 3 is 1.84 bits per heavy atom. The molecular formula is C38H67O11P. The van der Waals surface area contributed by atoms with E-state index in [0.717, 1.165) is 50.9 Å². The molecule has 12 heteroatoms. The lowest BCUT2D eigenvalue weighted by Crippen LogP contribution is -2.29. The molecule has 0 aromatic heterocycles. The van der Waals surface area contributed by atoms with Gasteiger partial charge in [0.1, 0.15) is 6.61 Å². The van der Waals surface area contributed by atoms with Crippen LogP contribution in [0, 0.1) is 5.92 Å². The van der Waals surface area contributed by atoms with Crippen molar-refractivity contribution in [2.75, 3.05) is 13.2 Å². The van der Waals surface area contributed by atoms with E-state index in [0.29, 0.717) is 6.42 Å². The van der Waals surface area contributed by atoms with Crippen molar-refractivity contribution in [1.29, 1.82) is 0 Å². The van der Waals surface area contributed by atoms with Crippen LogP contribution in [0.15, 0.2) is 48.6 Å². The average molecular weight is 731 g/mol. The van der Waals surface area contributed by atoms with Crippen molar-refractivity contribution in [3.05, 3.63) is 48.6 Å². The second kappa shape index (κ2) is 31.6. The van der Waals surface area contributed by atoms with Gasteiger partial charge < -0.3 is 34.6 Å². The Kier molecular flexibility index (Phi) is 30.3. The van der Waals surface area contributed by atoms with Crippen molar-refractivity contribution in [3.8, 4) is 0 Å². The first-order chi connectivity index (χ1) is 23.9. The van der Waals surface area contributed by atoms with Crippen LogP contribution in [0.3, 0.4) is 0 Å². The quantitative estimate of drug-likeness (QED) is 0.0200. The maximum atomic E-state index is 12.4. The van der Waals surface area contributed by atoms with Crippen LogP contribution in [-0.2, 0) is 28.2 Å². The summed E-state index contributed by atoms with van der Waals surface area (Å²) in [5, 5.41) is 30.3. The number of hydrogen-bond acceptors (Lipinski definition) is 9. The van der Waals surface area contributed by atoms with Crippen molar-refractivity contribution in [1.82, 2.24) is 0 Å². The molecular weight excluding hydrogens is 663 g/mol. The van der Waals surface area contributed by atoms with Crippen LogP contribution in [0.2, 0.25) is 0 Å². The van der Waals surface area contributed by atoms with Gasteiger partial charge in [0.15, 0.2) is 6.10 Å². The van der Waals surface area contributed by atoms with Crippen molar-refractivity contribution < 1.29 is 53.3 Å². The van der Waals surface area contributed by atoms with Gasteiger partial charge in [-0.3, -0.25) is 14.1 Å². The number of aliphatic hydroxyl groups is 3. The number of carbonyl (C=O) groups excluding carboxylic acids is 2. The van der Waals surface area contributed by atoms with E-state index in [4.69, 9.17) is 19.3 Å². The molecule has 11 nitrogen and oxygen atoms in total. The molecule has 0 radical (unpaired) electrons. The molecule has 50 heavy (non-hydrogen) atoms. The molecule has 0 amide bonds. The van der Waals surface area contributed by atoms with Crippen LogP contribution in [0.1, 0.15) is 136 Å². The van der Waals surface area contributed by atoms with Gasteiger partial charge in [0.2, 0.25) is 0 Å². The number of hydrogen-bond donors (Lipinski definition) is 5. The first-order valence-electron chi connectivity index (χ1n) is 18.7. The Morgan fingerprint density at radius 2 is 1.22 bits per heavy atom. The first-order valence-corrected chi connectivity index (χ1v) is 20.2. The zero-order valence-electron chi connectivity index (χ0n) is 30.8. The van der Waals surface area contributed by atoms with E-state index in [9.17, 15) is 29.5 Å². The Balaban J connectivity index is 4.38. The summed E-state index contributed by atoms with van der Waals surface area (Å²) in [7, 11) is -4.85. The summed E-state index contributed by atoms with van der Waals surface area (Å²) in [6, 6.07) is 0. The molecule has 0 fully saturated rings. The lowest BCUT2D eigenvalue weighted by Gasteiger charge is -2.19. The minimum atomic E-state index is -4.85. The van der Waals surface area contributed by atoms with Crippen LogP contribution >= 0.6 is 7.82 Å².